The van der Waals surface area contributed by atoms with Gasteiger partial charge in [0, 0.05) is 56.1 Å². The van der Waals surface area contributed by atoms with Gasteiger partial charge in [0.25, 0.3) is 5.91 Å². The molecule has 0 spiro atoms. The Kier molecular flexibility index (Phi) is 5.71. The Bertz CT molecular complexity index is 1510. The summed E-state index contributed by atoms with van der Waals surface area (Å²) in [7, 11) is 3.16. The summed E-state index contributed by atoms with van der Waals surface area (Å²) in [5.74, 6) is -1.41. The van der Waals surface area contributed by atoms with Crippen LogP contribution in [0.2, 0.25) is 0 Å². The molecule has 1 amide bonds. The summed E-state index contributed by atoms with van der Waals surface area (Å²) in [6.45, 7) is 1.56. The van der Waals surface area contributed by atoms with E-state index in [0.29, 0.717) is 17.1 Å². The molecule has 0 saturated carbocycles. The number of fused-ring (bicyclic) bond motifs is 4. The van der Waals surface area contributed by atoms with E-state index in [1.54, 1.807) is 24.0 Å². The van der Waals surface area contributed by atoms with Crippen LogP contribution in [0.15, 0.2) is 42.7 Å². The number of halogens is 2. The van der Waals surface area contributed by atoms with Gasteiger partial charge in [-0.1, -0.05) is 6.07 Å². The number of carbonyl (C=O) groups is 1. The number of amides is 1. The Morgan fingerprint density at radius 1 is 1.22 bits per heavy atom. The first-order valence-corrected chi connectivity index (χ1v) is 12.1. The fourth-order valence-electron chi connectivity index (χ4n) is 5.32. The van der Waals surface area contributed by atoms with Gasteiger partial charge < -0.3 is 20.3 Å². The van der Waals surface area contributed by atoms with Gasteiger partial charge in [-0.15, -0.1) is 0 Å². The number of benzene rings is 2. The minimum atomic E-state index is -0.572. The molecule has 190 valence electrons. The molecule has 3 aliphatic heterocycles. The molecular formula is C26H25F2N7O2. The van der Waals surface area contributed by atoms with E-state index in [9.17, 15) is 9.18 Å². The average Bonchev–Trinajstić information content (AvgIpc) is 3.31. The topological polar surface area (TPSA) is 97.2 Å². The molecular weight excluding hydrogens is 480 g/mol. The Balaban J connectivity index is 1.40. The number of rotatable bonds is 5. The number of aromatic nitrogens is 4. The van der Waals surface area contributed by atoms with Crippen LogP contribution < -0.4 is 20.3 Å². The monoisotopic (exact) mass is 505 g/mol. The van der Waals surface area contributed by atoms with Crippen molar-refractivity contribution in [2.75, 3.05) is 30.4 Å². The van der Waals surface area contributed by atoms with Crippen LogP contribution in [0.1, 0.15) is 23.3 Å². The number of carbonyl (C=O) groups excluding carboxylic acids is 1. The minimum absolute atomic E-state index is 0.00906. The molecule has 0 radical (unpaired) electrons. The fraction of sp³-hybridized carbons (Fsp3) is 0.308. The molecule has 3 saturated heterocycles. The predicted octanol–water partition coefficient (Wildman–Crippen LogP) is 3.51. The Hall–Kier alpha value is -4.12. The minimum Gasteiger partial charge on any atom is -0.496 e. The van der Waals surface area contributed by atoms with Gasteiger partial charge in [-0.2, -0.15) is 5.10 Å². The highest BCUT2D eigenvalue weighted by Gasteiger charge is 2.36. The maximum absolute atomic E-state index is 15.1. The van der Waals surface area contributed by atoms with Gasteiger partial charge in [-0.25, -0.2) is 18.7 Å². The normalized spacial score (nSPS) is 18.9. The van der Waals surface area contributed by atoms with Crippen molar-refractivity contribution in [3.63, 3.8) is 0 Å². The molecule has 2 aromatic carbocycles. The standard InChI is InChI=1S/C26H25F2N7O2/c1-34-13-16-23(33-34)18(28)10-20(24(16)35-12-14-6-7-15(35)11-30-14)32-26(36)19-8-9-29-25(31-19)22-17(27)4-3-5-21(22)37-2/h3-5,8-10,13-15,30H,6-7,11-12H2,1-2H3,(H,32,36)/t14-,15-/m0/s1. The zero-order valence-corrected chi connectivity index (χ0v) is 20.3. The second kappa shape index (κ2) is 9.07. The van der Waals surface area contributed by atoms with Crippen molar-refractivity contribution in [2.24, 2.45) is 7.05 Å². The number of nitrogens with one attached hydrogen (secondary N) is 2. The molecule has 2 atom stereocenters. The third-order valence-corrected chi connectivity index (χ3v) is 7.03. The summed E-state index contributed by atoms with van der Waals surface area (Å²) in [6.07, 6.45) is 5.23. The van der Waals surface area contributed by atoms with Crippen LogP contribution in [0.25, 0.3) is 22.3 Å². The summed E-state index contributed by atoms with van der Waals surface area (Å²) in [5, 5.41) is 11.3. The third-order valence-electron chi connectivity index (χ3n) is 7.03. The number of piperazine rings is 1. The Labute approximate surface area is 211 Å². The highest BCUT2D eigenvalue weighted by atomic mass is 19.1. The molecule has 0 unspecified atom stereocenters. The van der Waals surface area contributed by atoms with Crippen LogP contribution in [-0.4, -0.2) is 57.9 Å². The molecule has 0 aliphatic carbocycles. The van der Waals surface area contributed by atoms with E-state index in [1.807, 2.05) is 0 Å². The number of hydrogen-bond donors (Lipinski definition) is 2. The number of ether oxygens (including phenoxy) is 1. The number of methoxy groups -OCH3 is 1. The quantitative estimate of drug-likeness (QED) is 0.429. The molecule has 3 fully saturated rings. The molecule has 3 aliphatic rings. The van der Waals surface area contributed by atoms with E-state index in [4.69, 9.17) is 4.74 Å². The summed E-state index contributed by atoms with van der Waals surface area (Å²) in [6, 6.07) is 7.65. The van der Waals surface area contributed by atoms with Crippen LogP contribution in [0, 0.1) is 11.6 Å². The van der Waals surface area contributed by atoms with Gasteiger partial charge in [0.2, 0.25) is 0 Å². The molecule has 2 aromatic heterocycles. The number of aryl methyl sites for hydroxylation is 1. The van der Waals surface area contributed by atoms with Crippen molar-refractivity contribution in [1.82, 2.24) is 25.1 Å². The zero-order valence-electron chi connectivity index (χ0n) is 20.3. The molecule has 2 N–H and O–H groups in total. The highest BCUT2D eigenvalue weighted by Crippen LogP contribution is 2.40. The van der Waals surface area contributed by atoms with Gasteiger partial charge in [0.1, 0.15) is 22.8 Å². The van der Waals surface area contributed by atoms with E-state index in [2.05, 4.69) is 30.6 Å². The maximum atomic E-state index is 15.1. The lowest BCUT2D eigenvalue weighted by atomic mass is 9.91. The van der Waals surface area contributed by atoms with Crippen LogP contribution in [0.3, 0.4) is 0 Å². The van der Waals surface area contributed by atoms with Crippen molar-refractivity contribution < 1.29 is 18.3 Å². The summed E-state index contributed by atoms with van der Waals surface area (Å²) >= 11 is 0. The van der Waals surface area contributed by atoms with Gasteiger partial charge >= 0.3 is 0 Å². The van der Waals surface area contributed by atoms with Gasteiger partial charge in [-0.3, -0.25) is 9.48 Å². The summed E-state index contributed by atoms with van der Waals surface area (Å²) < 4.78 is 36.6. The Morgan fingerprint density at radius 2 is 2.08 bits per heavy atom. The first kappa shape index (κ1) is 23.3. The molecule has 4 aromatic rings. The lowest BCUT2D eigenvalue weighted by Gasteiger charge is -2.47. The van der Waals surface area contributed by atoms with E-state index < -0.39 is 17.5 Å². The first-order chi connectivity index (χ1) is 17.9. The summed E-state index contributed by atoms with van der Waals surface area (Å²) in [4.78, 5) is 24.1. The average molecular weight is 506 g/mol. The molecule has 5 heterocycles. The predicted molar refractivity (Wildman–Crippen MR) is 135 cm³/mol. The van der Waals surface area contributed by atoms with E-state index >= 15 is 4.39 Å². The van der Waals surface area contributed by atoms with E-state index in [1.165, 1.54) is 37.6 Å². The van der Waals surface area contributed by atoms with E-state index in [-0.39, 0.29) is 34.4 Å². The van der Waals surface area contributed by atoms with Crippen molar-refractivity contribution in [1.29, 1.82) is 0 Å². The van der Waals surface area contributed by atoms with Gasteiger partial charge in [0.15, 0.2) is 11.6 Å². The van der Waals surface area contributed by atoms with Crippen LogP contribution >= 0.6 is 0 Å². The largest absolute Gasteiger partial charge is 0.496 e. The second-order valence-electron chi connectivity index (χ2n) is 9.35. The molecule has 37 heavy (non-hydrogen) atoms. The number of nitrogens with zero attached hydrogens (tertiary/aromatic N) is 5. The lowest BCUT2D eigenvalue weighted by molar-refractivity contribution is 0.102. The zero-order chi connectivity index (χ0) is 25.7. The fourth-order valence-corrected chi connectivity index (χ4v) is 5.32. The maximum Gasteiger partial charge on any atom is 0.274 e. The van der Waals surface area contributed by atoms with Gasteiger partial charge in [0.05, 0.1) is 24.0 Å². The van der Waals surface area contributed by atoms with Crippen molar-refractivity contribution in [3.05, 3.63) is 60.1 Å². The molecule has 11 heteroatoms. The molecule has 2 bridgehead atoms. The number of anilines is 2. The second-order valence-corrected chi connectivity index (χ2v) is 9.35. The Morgan fingerprint density at radius 3 is 2.81 bits per heavy atom. The third kappa shape index (κ3) is 4.05. The van der Waals surface area contributed by atoms with Crippen molar-refractivity contribution in [3.8, 4) is 17.1 Å². The number of piperidine rings is 2. The van der Waals surface area contributed by atoms with E-state index in [0.717, 1.165) is 31.6 Å². The smallest absolute Gasteiger partial charge is 0.274 e. The summed E-state index contributed by atoms with van der Waals surface area (Å²) in [5.41, 5.74) is 1.38. The SMILES string of the molecule is COc1cccc(F)c1-c1nccc(C(=O)Nc2cc(F)c3nn(C)cc3c2N2C[C@@H]3CC[C@H]2CN3)n1. The molecule has 7 rings (SSSR count). The lowest BCUT2D eigenvalue weighted by Crippen LogP contribution is -2.61. The van der Waals surface area contributed by atoms with Gasteiger partial charge in [-0.05, 0) is 31.0 Å². The first-order valence-electron chi connectivity index (χ1n) is 12.1. The van der Waals surface area contributed by atoms with Crippen LogP contribution in [0.4, 0.5) is 20.2 Å². The van der Waals surface area contributed by atoms with Crippen LogP contribution in [-0.2, 0) is 7.05 Å². The van der Waals surface area contributed by atoms with Crippen molar-refractivity contribution in [2.45, 2.75) is 24.9 Å². The number of hydrogen-bond acceptors (Lipinski definition) is 7. The molecule has 9 nitrogen and oxygen atoms in total. The van der Waals surface area contributed by atoms with Crippen molar-refractivity contribution >= 4 is 28.2 Å². The van der Waals surface area contributed by atoms with Crippen LogP contribution in [0.5, 0.6) is 5.75 Å². The highest BCUT2D eigenvalue weighted by molar-refractivity contribution is 6.09.